The molecule has 3 nitrogen and oxygen atoms in total. The maximum atomic E-state index is 12.7. The smallest absolute Gasteiger partial charge is 0.360 e. The van der Waals surface area contributed by atoms with E-state index in [9.17, 15) is 22.8 Å². The van der Waals surface area contributed by atoms with Crippen LogP contribution in [0.25, 0.3) is 10.9 Å². The number of rotatable bonds is 5. The number of benzene rings is 2. The molecule has 0 aliphatic carbocycles. The van der Waals surface area contributed by atoms with Gasteiger partial charge in [-0.05, 0) is 18.2 Å². The monoisotopic (exact) mass is 345 g/mol. The lowest BCUT2D eigenvalue weighted by Crippen LogP contribution is -2.09. The molecule has 1 heterocycles. The number of alkyl halides is 3. The zero-order chi connectivity index (χ0) is 18.0. The molecule has 25 heavy (non-hydrogen) atoms. The van der Waals surface area contributed by atoms with E-state index in [0.717, 1.165) is 23.0 Å². The largest absolute Gasteiger partial charge is 0.416 e. The molecule has 2 aromatic carbocycles. The number of carbonyl (C=O) groups excluding carboxylic acids is 2. The Hall–Kier alpha value is -2.89. The van der Waals surface area contributed by atoms with Crippen LogP contribution in [0, 0.1) is 0 Å². The third-order valence-electron chi connectivity index (χ3n) is 3.98. The van der Waals surface area contributed by atoms with Crippen molar-refractivity contribution < 1.29 is 22.8 Å². The highest BCUT2D eigenvalue weighted by atomic mass is 19.4. The van der Waals surface area contributed by atoms with Crippen molar-refractivity contribution in [1.29, 1.82) is 0 Å². The van der Waals surface area contributed by atoms with Gasteiger partial charge in [-0.3, -0.25) is 9.59 Å². The molecule has 3 aromatic rings. The van der Waals surface area contributed by atoms with Gasteiger partial charge >= 0.3 is 6.18 Å². The third-order valence-corrected chi connectivity index (χ3v) is 3.98. The third kappa shape index (κ3) is 3.63. The Labute approximate surface area is 141 Å². The molecule has 0 radical (unpaired) electrons. The van der Waals surface area contributed by atoms with E-state index in [0.29, 0.717) is 5.56 Å². The molecule has 0 aliphatic heterocycles. The van der Waals surface area contributed by atoms with Crippen molar-refractivity contribution in [3.05, 3.63) is 71.4 Å². The summed E-state index contributed by atoms with van der Waals surface area (Å²) in [5, 5.41) is 0.763. The van der Waals surface area contributed by atoms with Crippen molar-refractivity contribution >= 4 is 22.5 Å². The van der Waals surface area contributed by atoms with Crippen molar-refractivity contribution in [1.82, 2.24) is 4.98 Å². The van der Waals surface area contributed by atoms with Gasteiger partial charge in [0.25, 0.3) is 0 Å². The summed E-state index contributed by atoms with van der Waals surface area (Å²) >= 11 is 0. The Morgan fingerprint density at radius 1 is 0.920 bits per heavy atom. The molecular formula is C19H14F3NO2. The van der Waals surface area contributed by atoms with Gasteiger partial charge in [0, 0.05) is 41.1 Å². The van der Waals surface area contributed by atoms with Crippen molar-refractivity contribution in [2.45, 2.75) is 19.0 Å². The lowest BCUT2D eigenvalue weighted by molar-refractivity contribution is -0.137. The van der Waals surface area contributed by atoms with E-state index in [1.165, 1.54) is 12.1 Å². The zero-order valence-electron chi connectivity index (χ0n) is 13.1. The first kappa shape index (κ1) is 17.0. The molecule has 0 amide bonds. The number of H-pyrrole nitrogens is 1. The van der Waals surface area contributed by atoms with Crippen LogP contribution in [0.1, 0.15) is 39.1 Å². The highest BCUT2D eigenvalue weighted by Gasteiger charge is 2.30. The SMILES string of the molecule is O=C(CCC(=O)c1c[nH]c2ccccc12)c1cccc(C(F)(F)F)c1. The molecule has 0 bridgehead atoms. The summed E-state index contributed by atoms with van der Waals surface area (Å²) in [4.78, 5) is 27.4. The van der Waals surface area contributed by atoms with Crippen LogP contribution in [0.5, 0.6) is 0 Å². The van der Waals surface area contributed by atoms with Crippen LogP contribution in [0.4, 0.5) is 13.2 Å². The van der Waals surface area contributed by atoms with E-state index in [4.69, 9.17) is 0 Å². The number of aromatic amines is 1. The van der Waals surface area contributed by atoms with Gasteiger partial charge in [0.2, 0.25) is 0 Å². The highest BCUT2D eigenvalue weighted by molar-refractivity contribution is 6.09. The van der Waals surface area contributed by atoms with Crippen LogP contribution in [0.15, 0.2) is 54.7 Å². The van der Waals surface area contributed by atoms with E-state index < -0.39 is 17.5 Å². The molecule has 1 aromatic heterocycles. The van der Waals surface area contributed by atoms with Crippen LogP contribution >= 0.6 is 0 Å². The predicted octanol–water partition coefficient (Wildman–Crippen LogP) is 5.03. The maximum Gasteiger partial charge on any atom is 0.416 e. The van der Waals surface area contributed by atoms with Crippen LogP contribution in [0.3, 0.4) is 0 Å². The molecular weight excluding hydrogens is 331 g/mol. The molecule has 1 N–H and O–H groups in total. The molecule has 0 atom stereocenters. The first-order valence-corrected chi connectivity index (χ1v) is 7.66. The van der Waals surface area contributed by atoms with E-state index in [-0.39, 0.29) is 24.2 Å². The van der Waals surface area contributed by atoms with Crippen LogP contribution < -0.4 is 0 Å². The number of Topliss-reactive ketones (excluding diaryl/α,β-unsaturated/α-hetero) is 2. The number of hydrogen-bond donors (Lipinski definition) is 1. The Morgan fingerprint density at radius 3 is 2.40 bits per heavy atom. The minimum Gasteiger partial charge on any atom is -0.360 e. The summed E-state index contributed by atoms with van der Waals surface area (Å²) in [5.74, 6) is -0.711. The van der Waals surface area contributed by atoms with E-state index >= 15 is 0 Å². The van der Waals surface area contributed by atoms with E-state index in [1.807, 2.05) is 12.1 Å². The van der Waals surface area contributed by atoms with E-state index in [1.54, 1.807) is 18.3 Å². The topological polar surface area (TPSA) is 49.9 Å². The van der Waals surface area contributed by atoms with Gasteiger partial charge in [-0.1, -0.05) is 30.3 Å². The predicted molar refractivity (Wildman–Crippen MR) is 87.6 cm³/mol. The van der Waals surface area contributed by atoms with Gasteiger partial charge in [0.1, 0.15) is 0 Å². The molecule has 6 heteroatoms. The summed E-state index contributed by atoms with van der Waals surface area (Å²) < 4.78 is 38.1. The second kappa shape index (κ2) is 6.55. The lowest BCUT2D eigenvalue weighted by Gasteiger charge is -2.08. The van der Waals surface area contributed by atoms with Crippen molar-refractivity contribution in [2.24, 2.45) is 0 Å². The first-order valence-electron chi connectivity index (χ1n) is 7.66. The maximum absolute atomic E-state index is 12.7. The minimum absolute atomic E-state index is 0.0402. The van der Waals surface area contributed by atoms with Gasteiger partial charge in [0.05, 0.1) is 5.56 Å². The number of ketones is 2. The molecule has 0 unspecified atom stereocenters. The highest BCUT2D eigenvalue weighted by Crippen LogP contribution is 2.30. The zero-order valence-corrected chi connectivity index (χ0v) is 13.1. The molecule has 0 spiro atoms. The summed E-state index contributed by atoms with van der Waals surface area (Å²) in [6.45, 7) is 0. The Morgan fingerprint density at radius 2 is 1.64 bits per heavy atom. The quantitative estimate of drug-likeness (QED) is 0.659. The number of halogens is 3. The number of carbonyl (C=O) groups is 2. The average molecular weight is 345 g/mol. The molecule has 0 aliphatic rings. The Kier molecular flexibility index (Phi) is 4.44. The fraction of sp³-hybridized carbons (Fsp3) is 0.158. The summed E-state index contributed by atoms with van der Waals surface area (Å²) in [6, 6.07) is 11.5. The normalized spacial score (nSPS) is 11.6. The second-order valence-electron chi connectivity index (χ2n) is 5.67. The fourth-order valence-corrected chi connectivity index (χ4v) is 2.68. The number of aromatic nitrogens is 1. The number of fused-ring (bicyclic) bond motifs is 1. The molecule has 0 saturated carbocycles. The summed E-state index contributed by atoms with van der Waals surface area (Å²) in [7, 11) is 0. The number of para-hydroxylation sites is 1. The number of hydrogen-bond acceptors (Lipinski definition) is 2. The van der Waals surface area contributed by atoms with Gasteiger partial charge in [-0.25, -0.2) is 0 Å². The van der Waals surface area contributed by atoms with Gasteiger partial charge in [-0.15, -0.1) is 0 Å². The first-order chi connectivity index (χ1) is 11.9. The van der Waals surface area contributed by atoms with Crippen LogP contribution in [-0.2, 0) is 6.18 Å². The standard InChI is InChI=1S/C19H14F3NO2/c20-19(21,22)13-5-3-4-12(10-13)17(24)8-9-18(25)15-11-23-16-7-2-1-6-14(15)16/h1-7,10-11,23H,8-9H2. The van der Waals surface area contributed by atoms with Crippen molar-refractivity contribution in [3.8, 4) is 0 Å². The second-order valence-corrected chi connectivity index (χ2v) is 5.67. The van der Waals surface area contributed by atoms with Crippen LogP contribution in [0.2, 0.25) is 0 Å². The number of nitrogens with one attached hydrogen (secondary N) is 1. The molecule has 0 fully saturated rings. The minimum atomic E-state index is -4.50. The van der Waals surface area contributed by atoms with Crippen molar-refractivity contribution in [2.75, 3.05) is 0 Å². The Balaban J connectivity index is 1.71. The van der Waals surface area contributed by atoms with Gasteiger partial charge in [-0.2, -0.15) is 13.2 Å². The van der Waals surface area contributed by atoms with E-state index in [2.05, 4.69) is 4.98 Å². The average Bonchev–Trinajstić information content (AvgIpc) is 3.03. The fourth-order valence-electron chi connectivity index (χ4n) is 2.68. The van der Waals surface area contributed by atoms with Crippen molar-refractivity contribution in [3.63, 3.8) is 0 Å². The summed E-state index contributed by atoms with van der Waals surface area (Å²) in [6.07, 6.45) is -3.12. The molecule has 3 rings (SSSR count). The summed E-state index contributed by atoms with van der Waals surface area (Å²) in [5.41, 5.74) is 0.380. The van der Waals surface area contributed by atoms with Crippen LogP contribution in [-0.4, -0.2) is 16.6 Å². The van der Waals surface area contributed by atoms with Gasteiger partial charge < -0.3 is 4.98 Å². The Bertz CT molecular complexity index is 941. The lowest BCUT2D eigenvalue weighted by atomic mass is 10.00. The molecule has 128 valence electrons. The molecule has 0 saturated heterocycles. The van der Waals surface area contributed by atoms with Gasteiger partial charge in [0.15, 0.2) is 11.6 Å².